The summed E-state index contributed by atoms with van der Waals surface area (Å²) in [7, 11) is 0. The molecule has 0 aromatic carbocycles. The number of nitrogens with zero attached hydrogens (tertiary/aromatic N) is 1. The van der Waals surface area contributed by atoms with Crippen molar-refractivity contribution in [2.45, 2.75) is 56.8 Å². The molecule has 2 nitrogen and oxygen atoms in total. The topological polar surface area (TPSA) is 15.3 Å². The Morgan fingerprint density at radius 2 is 1.94 bits per heavy atom. The lowest BCUT2D eigenvalue weighted by atomic mass is 9.97. The van der Waals surface area contributed by atoms with Gasteiger partial charge in [0.25, 0.3) is 0 Å². The van der Waals surface area contributed by atoms with Gasteiger partial charge in [0.2, 0.25) is 0 Å². The molecule has 2 rings (SSSR count). The molecule has 1 saturated heterocycles. The summed E-state index contributed by atoms with van der Waals surface area (Å²) in [5.74, 6) is 0. The number of nitrogens with one attached hydrogen (secondary N) is 1. The molecule has 2 fully saturated rings. The van der Waals surface area contributed by atoms with Crippen LogP contribution in [0.2, 0.25) is 0 Å². The lowest BCUT2D eigenvalue weighted by Gasteiger charge is -2.35. The molecule has 0 aromatic rings. The van der Waals surface area contributed by atoms with Gasteiger partial charge in [-0.2, -0.15) is 13.2 Å². The van der Waals surface area contributed by atoms with Crippen LogP contribution in [-0.4, -0.2) is 42.3 Å². The minimum Gasteiger partial charge on any atom is -0.310 e. The van der Waals surface area contributed by atoms with Crippen molar-refractivity contribution in [3.05, 3.63) is 0 Å². The Hall–Kier alpha value is -0.290. The van der Waals surface area contributed by atoms with E-state index in [0.717, 1.165) is 38.6 Å². The molecule has 2 aliphatic rings. The first kappa shape index (κ1) is 13.1. The molecule has 0 amide bonds. The van der Waals surface area contributed by atoms with E-state index >= 15 is 0 Å². The average molecular weight is 250 g/mol. The molecule has 1 spiro atoms. The molecule has 0 aromatic heterocycles. The van der Waals surface area contributed by atoms with Crippen molar-refractivity contribution in [3.63, 3.8) is 0 Å². The number of hydrogen-bond donors (Lipinski definition) is 1. The van der Waals surface area contributed by atoms with E-state index in [1.54, 1.807) is 4.90 Å². The first-order valence-corrected chi connectivity index (χ1v) is 6.46. The maximum Gasteiger partial charge on any atom is 0.401 e. The summed E-state index contributed by atoms with van der Waals surface area (Å²) in [6.07, 6.45) is 1.04. The molecule has 1 aliphatic carbocycles. The van der Waals surface area contributed by atoms with Crippen molar-refractivity contribution in [2.75, 3.05) is 19.6 Å². The molecule has 1 saturated carbocycles. The van der Waals surface area contributed by atoms with E-state index in [4.69, 9.17) is 0 Å². The second kappa shape index (κ2) is 4.76. The van der Waals surface area contributed by atoms with Crippen LogP contribution in [0.5, 0.6) is 0 Å². The highest BCUT2D eigenvalue weighted by Crippen LogP contribution is 2.33. The summed E-state index contributed by atoms with van der Waals surface area (Å²) in [5.41, 5.74) is -0.0456. The van der Waals surface area contributed by atoms with Gasteiger partial charge in [-0.1, -0.05) is 12.8 Å². The second-order valence-corrected chi connectivity index (χ2v) is 5.57. The number of hydrogen-bond acceptors (Lipinski definition) is 2. The molecular formula is C12H21F3N2. The lowest BCUT2D eigenvalue weighted by molar-refractivity contribution is -0.151. The third kappa shape index (κ3) is 3.35. The van der Waals surface area contributed by atoms with Gasteiger partial charge in [0.1, 0.15) is 0 Å². The molecule has 17 heavy (non-hydrogen) atoms. The van der Waals surface area contributed by atoms with Crippen LogP contribution in [0.4, 0.5) is 13.2 Å². The summed E-state index contributed by atoms with van der Waals surface area (Å²) < 4.78 is 37.7. The Bertz CT molecular complexity index is 259. The monoisotopic (exact) mass is 250 g/mol. The van der Waals surface area contributed by atoms with E-state index in [1.807, 2.05) is 6.92 Å². The smallest absolute Gasteiger partial charge is 0.310 e. The molecule has 1 unspecified atom stereocenters. The van der Waals surface area contributed by atoms with Gasteiger partial charge < -0.3 is 5.32 Å². The molecular weight excluding hydrogens is 229 g/mol. The van der Waals surface area contributed by atoms with Crippen molar-refractivity contribution < 1.29 is 13.2 Å². The Kier molecular flexibility index (Phi) is 3.69. The molecule has 1 heterocycles. The third-order valence-electron chi connectivity index (χ3n) is 4.13. The standard InChI is InChI=1S/C12H21F3N2/c1-10-4-7-16-11(5-2-3-6-11)8-17(10)9-12(13,14)15/h10,16H,2-9H2,1H3. The summed E-state index contributed by atoms with van der Waals surface area (Å²) in [4.78, 5) is 1.62. The van der Waals surface area contributed by atoms with Gasteiger partial charge >= 0.3 is 6.18 Å². The molecule has 1 atom stereocenters. The van der Waals surface area contributed by atoms with E-state index in [2.05, 4.69) is 5.32 Å². The Labute approximate surface area is 101 Å². The molecule has 1 aliphatic heterocycles. The largest absolute Gasteiger partial charge is 0.401 e. The molecule has 5 heteroatoms. The zero-order chi connectivity index (χ0) is 12.5. The second-order valence-electron chi connectivity index (χ2n) is 5.57. The zero-order valence-electron chi connectivity index (χ0n) is 10.3. The first-order chi connectivity index (χ1) is 7.90. The highest BCUT2D eigenvalue weighted by atomic mass is 19.4. The summed E-state index contributed by atoms with van der Waals surface area (Å²) in [6.45, 7) is 2.53. The van der Waals surface area contributed by atoms with E-state index in [-0.39, 0.29) is 11.6 Å². The van der Waals surface area contributed by atoms with Crippen LogP contribution in [0, 0.1) is 0 Å². The predicted octanol–water partition coefficient (Wildman–Crippen LogP) is 2.55. The van der Waals surface area contributed by atoms with Crippen molar-refractivity contribution in [1.29, 1.82) is 0 Å². The van der Waals surface area contributed by atoms with Crippen LogP contribution < -0.4 is 5.32 Å². The van der Waals surface area contributed by atoms with E-state index in [0.29, 0.717) is 6.54 Å². The van der Waals surface area contributed by atoms with Crippen molar-refractivity contribution in [1.82, 2.24) is 10.2 Å². The fraction of sp³-hybridized carbons (Fsp3) is 1.00. The van der Waals surface area contributed by atoms with Crippen molar-refractivity contribution in [3.8, 4) is 0 Å². The van der Waals surface area contributed by atoms with Crippen LogP contribution in [-0.2, 0) is 0 Å². The Morgan fingerprint density at radius 3 is 2.53 bits per heavy atom. The minimum absolute atomic E-state index is 0.0177. The zero-order valence-corrected chi connectivity index (χ0v) is 10.3. The van der Waals surface area contributed by atoms with Crippen molar-refractivity contribution >= 4 is 0 Å². The van der Waals surface area contributed by atoms with Crippen LogP contribution in [0.3, 0.4) is 0 Å². The van der Waals surface area contributed by atoms with Gasteiger partial charge in [-0.3, -0.25) is 4.90 Å². The maximum atomic E-state index is 12.6. The Balaban J connectivity index is 2.06. The lowest BCUT2D eigenvalue weighted by Crippen LogP contribution is -2.52. The summed E-state index contributed by atoms with van der Waals surface area (Å²) >= 11 is 0. The van der Waals surface area contributed by atoms with E-state index < -0.39 is 12.7 Å². The molecule has 100 valence electrons. The molecule has 0 bridgehead atoms. The maximum absolute atomic E-state index is 12.6. The number of alkyl halides is 3. The van der Waals surface area contributed by atoms with Crippen LogP contribution in [0.1, 0.15) is 39.0 Å². The van der Waals surface area contributed by atoms with Gasteiger partial charge in [-0.25, -0.2) is 0 Å². The quantitative estimate of drug-likeness (QED) is 0.769. The van der Waals surface area contributed by atoms with Gasteiger partial charge in [0, 0.05) is 18.1 Å². The average Bonchev–Trinajstić information content (AvgIpc) is 2.57. The summed E-state index contributed by atoms with van der Waals surface area (Å²) in [6, 6.07) is 0.0177. The number of halogens is 3. The SMILES string of the molecule is CC1CCNC2(CCCC2)CN1CC(F)(F)F. The summed E-state index contributed by atoms with van der Waals surface area (Å²) in [5, 5.41) is 3.49. The normalized spacial score (nSPS) is 30.7. The molecule has 0 radical (unpaired) electrons. The van der Waals surface area contributed by atoms with Gasteiger partial charge in [-0.05, 0) is 32.7 Å². The van der Waals surface area contributed by atoms with E-state index in [9.17, 15) is 13.2 Å². The van der Waals surface area contributed by atoms with Crippen LogP contribution in [0.25, 0.3) is 0 Å². The van der Waals surface area contributed by atoms with Crippen molar-refractivity contribution in [2.24, 2.45) is 0 Å². The third-order valence-corrected chi connectivity index (χ3v) is 4.13. The van der Waals surface area contributed by atoms with Gasteiger partial charge in [0.05, 0.1) is 6.54 Å². The fourth-order valence-corrected chi connectivity index (χ4v) is 3.16. The van der Waals surface area contributed by atoms with E-state index in [1.165, 1.54) is 0 Å². The highest BCUT2D eigenvalue weighted by Gasteiger charge is 2.41. The number of rotatable bonds is 1. The fourth-order valence-electron chi connectivity index (χ4n) is 3.16. The van der Waals surface area contributed by atoms with Gasteiger partial charge in [-0.15, -0.1) is 0 Å². The van der Waals surface area contributed by atoms with Crippen LogP contribution >= 0.6 is 0 Å². The van der Waals surface area contributed by atoms with Crippen LogP contribution in [0.15, 0.2) is 0 Å². The first-order valence-electron chi connectivity index (χ1n) is 6.46. The Morgan fingerprint density at radius 1 is 1.29 bits per heavy atom. The minimum atomic E-state index is -4.08. The molecule has 1 N–H and O–H groups in total. The van der Waals surface area contributed by atoms with Gasteiger partial charge in [0.15, 0.2) is 0 Å². The predicted molar refractivity (Wildman–Crippen MR) is 60.9 cm³/mol. The highest BCUT2D eigenvalue weighted by molar-refractivity contribution is 4.98.